The van der Waals surface area contributed by atoms with Crippen molar-refractivity contribution >= 4 is 11.7 Å². The summed E-state index contributed by atoms with van der Waals surface area (Å²) in [5.74, 6) is 1.29. The Balaban J connectivity index is 1.29. The summed E-state index contributed by atoms with van der Waals surface area (Å²) in [6.07, 6.45) is 12.0. The molecule has 7 heteroatoms. The molecule has 0 aromatic carbocycles. The molecule has 4 heterocycles. The Labute approximate surface area is 177 Å². The van der Waals surface area contributed by atoms with Crippen LogP contribution in [0.25, 0.3) is 11.1 Å². The summed E-state index contributed by atoms with van der Waals surface area (Å²) in [7, 11) is 1.91. The number of piperidine rings is 1. The van der Waals surface area contributed by atoms with Crippen molar-refractivity contribution in [3.05, 3.63) is 30.7 Å². The standard InChI is InChI=1S/C23H31N5O2/c1-26-15-18(14-25-26)17-3-8-21(24-13-17)27-11-2-9-23(16-27)10-12-28(22(23)30)19-4-6-20(29)7-5-19/h3,8,13-15,19-20,29H,2,4-7,9-12,16H2,1H3/t19?,20?,23-/m1/s1. The van der Waals surface area contributed by atoms with Crippen LogP contribution < -0.4 is 4.90 Å². The maximum atomic E-state index is 13.5. The highest BCUT2D eigenvalue weighted by Gasteiger charge is 2.50. The van der Waals surface area contributed by atoms with E-state index >= 15 is 0 Å². The molecule has 7 nitrogen and oxygen atoms in total. The lowest BCUT2D eigenvalue weighted by Gasteiger charge is -2.41. The van der Waals surface area contributed by atoms with Crippen LogP contribution in [-0.2, 0) is 11.8 Å². The predicted octanol–water partition coefficient (Wildman–Crippen LogP) is 2.60. The van der Waals surface area contributed by atoms with E-state index < -0.39 is 0 Å². The van der Waals surface area contributed by atoms with Gasteiger partial charge in [0.15, 0.2) is 0 Å². The highest BCUT2D eigenvalue weighted by Crippen LogP contribution is 2.43. The second-order valence-electron chi connectivity index (χ2n) is 9.32. The third kappa shape index (κ3) is 3.49. The van der Waals surface area contributed by atoms with Gasteiger partial charge < -0.3 is 14.9 Å². The lowest BCUT2D eigenvalue weighted by Crippen LogP contribution is -2.50. The summed E-state index contributed by atoms with van der Waals surface area (Å²) in [5.41, 5.74) is 1.85. The fourth-order valence-electron chi connectivity index (χ4n) is 5.59. The van der Waals surface area contributed by atoms with E-state index in [2.05, 4.69) is 27.0 Å². The molecule has 30 heavy (non-hydrogen) atoms. The molecule has 1 aliphatic carbocycles. The second kappa shape index (κ2) is 7.69. The molecule has 0 unspecified atom stereocenters. The number of anilines is 1. The van der Waals surface area contributed by atoms with E-state index in [1.54, 1.807) is 4.68 Å². The van der Waals surface area contributed by atoms with E-state index in [0.717, 1.165) is 81.5 Å². The highest BCUT2D eigenvalue weighted by molar-refractivity contribution is 5.86. The van der Waals surface area contributed by atoms with Gasteiger partial charge in [-0.25, -0.2) is 4.98 Å². The topological polar surface area (TPSA) is 74.5 Å². The molecule has 1 atom stereocenters. The van der Waals surface area contributed by atoms with Gasteiger partial charge in [0.1, 0.15) is 5.82 Å². The minimum atomic E-state index is -0.266. The van der Waals surface area contributed by atoms with Gasteiger partial charge in [0, 0.05) is 56.2 Å². The number of hydrogen-bond acceptors (Lipinski definition) is 5. The number of nitrogens with zero attached hydrogens (tertiary/aromatic N) is 5. The summed E-state index contributed by atoms with van der Waals surface area (Å²) in [6, 6.07) is 4.48. The zero-order valence-electron chi connectivity index (χ0n) is 17.7. The predicted molar refractivity (Wildman–Crippen MR) is 115 cm³/mol. The van der Waals surface area contributed by atoms with E-state index in [1.807, 2.05) is 25.6 Å². The Morgan fingerprint density at radius 3 is 2.60 bits per heavy atom. The number of rotatable bonds is 3. The number of carbonyl (C=O) groups is 1. The van der Waals surface area contributed by atoms with Crippen molar-refractivity contribution in [2.45, 2.75) is 57.1 Å². The molecule has 1 N–H and O–H groups in total. The zero-order valence-corrected chi connectivity index (χ0v) is 17.7. The van der Waals surface area contributed by atoms with E-state index in [0.29, 0.717) is 11.9 Å². The van der Waals surface area contributed by atoms with Crippen molar-refractivity contribution in [2.75, 3.05) is 24.5 Å². The van der Waals surface area contributed by atoms with Crippen LogP contribution in [0.15, 0.2) is 30.7 Å². The fraction of sp³-hybridized carbons (Fsp3) is 0.609. The molecule has 3 aliphatic rings. The molecule has 2 saturated heterocycles. The van der Waals surface area contributed by atoms with Crippen molar-refractivity contribution in [3.8, 4) is 11.1 Å². The van der Waals surface area contributed by atoms with Gasteiger partial charge in [0.05, 0.1) is 17.7 Å². The first-order chi connectivity index (χ1) is 14.5. The number of hydrogen-bond donors (Lipinski definition) is 1. The van der Waals surface area contributed by atoms with Gasteiger partial charge in [-0.15, -0.1) is 0 Å². The quantitative estimate of drug-likeness (QED) is 0.844. The monoisotopic (exact) mass is 409 g/mol. The van der Waals surface area contributed by atoms with Crippen molar-refractivity contribution in [3.63, 3.8) is 0 Å². The van der Waals surface area contributed by atoms with Gasteiger partial charge in [0.25, 0.3) is 0 Å². The normalized spacial score (nSPS) is 29.7. The number of amides is 1. The molecular weight excluding hydrogens is 378 g/mol. The summed E-state index contributed by atoms with van der Waals surface area (Å²) >= 11 is 0. The first kappa shape index (κ1) is 19.5. The molecule has 2 aromatic heterocycles. The average molecular weight is 410 g/mol. The number of aromatic nitrogens is 3. The molecule has 160 valence electrons. The van der Waals surface area contributed by atoms with Crippen LogP contribution in [0.1, 0.15) is 44.9 Å². The Morgan fingerprint density at radius 1 is 1.07 bits per heavy atom. The SMILES string of the molecule is Cn1cc(-c2ccc(N3CCC[C@@]4(CCN(C5CCC(O)CC5)C4=O)C3)nc2)cn1. The average Bonchev–Trinajstić information content (AvgIpc) is 3.33. The molecule has 1 saturated carbocycles. The van der Waals surface area contributed by atoms with Crippen LogP contribution >= 0.6 is 0 Å². The van der Waals surface area contributed by atoms with Crippen molar-refractivity contribution in [1.82, 2.24) is 19.7 Å². The maximum absolute atomic E-state index is 13.5. The van der Waals surface area contributed by atoms with Gasteiger partial charge >= 0.3 is 0 Å². The minimum Gasteiger partial charge on any atom is -0.393 e. The number of pyridine rings is 1. The van der Waals surface area contributed by atoms with Crippen LogP contribution in [0.5, 0.6) is 0 Å². The first-order valence-electron chi connectivity index (χ1n) is 11.2. The van der Waals surface area contributed by atoms with Crippen molar-refractivity contribution in [1.29, 1.82) is 0 Å². The lowest BCUT2D eigenvalue weighted by molar-refractivity contribution is -0.139. The Kier molecular flexibility index (Phi) is 5.01. The summed E-state index contributed by atoms with van der Waals surface area (Å²) < 4.78 is 1.79. The molecule has 1 spiro atoms. The molecule has 0 bridgehead atoms. The van der Waals surface area contributed by atoms with E-state index in [9.17, 15) is 9.90 Å². The van der Waals surface area contributed by atoms with Crippen molar-refractivity contribution in [2.24, 2.45) is 12.5 Å². The fourth-order valence-corrected chi connectivity index (χ4v) is 5.59. The number of carbonyl (C=O) groups excluding carboxylic acids is 1. The number of likely N-dealkylation sites (tertiary alicyclic amines) is 1. The molecule has 2 aliphatic heterocycles. The number of aryl methyl sites for hydroxylation is 1. The first-order valence-corrected chi connectivity index (χ1v) is 11.2. The number of aliphatic hydroxyl groups is 1. The van der Waals surface area contributed by atoms with Crippen molar-refractivity contribution < 1.29 is 9.90 Å². The third-order valence-electron chi connectivity index (χ3n) is 7.34. The molecule has 1 amide bonds. The zero-order chi connectivity index (χ0) is 20.7. The van der Waals surface area contributed by atoms with Gasteiger partial charge in [-0.3, -0.25) is 9.48 Å². The molecular formula is C23H31N5O2. The van der Waals surface area contributed by atoms with E-state index in [-0.39, 0.29) is 11.5 Å². The summed E-state index contributed by atoms with van der Waals surface area (Å²) in [4.78, 5) is 22.6. The van der Waals surface area contributed by atoms with Gasteiger partial charge in [0.2, 0.25) is 5.91 Å². The summed E-state index contributed by atoms with van der Waals surface area (Å²) in [6.45, 7) is 2.57. The molecule has 2 aromatic rings. The Bertz CT molecular complexity index is 903. The Hall–Kier alpha value is -2.41. The van der Waals surface area contributed by atoms with Crippen LogP contribution in [-0.4, -0.2) is 62.5 Å². The molecule has 5 rings (SSSR count). The lowest BCUT2D eigenvalue weighted by atomic mass is 9.78. The molecule has 3 fully saturated rings. The van der Waals surface area contributed by atoms with Crippen LogP contribution in [0.2, 0.25) is 0 Å². The highest BCUT2D eigenvalue weighted by atomic mass is 16.3. The van der Waals surface area contributed by atoms with Crippen LogP contribution in [0.4, 0.5) is 5.82 Å². The minimum absolute atomic E-state index is 0.182. The maximum Gasteiger partial charge on any atom is 0.230 e. The van der Waals surface area contributed by atoms with Crippen LogP contribution in [0, 0.1) is 5.41 Å². The third-order valence-corrected chi connectivity index (χ3v) is 7.34. The number of aliphatic hydroxyl groups excluding tert-OH is 1. The second-order valence-corrected chi connectivity index (χ2v) is 9.32. The van der Waals surface area contributed by atoms with Gasteiger partial charge in [-0.1, -0.05) is 0 Å². The summed E-state index contributed by atoms with van der Waals surface area (Å²) in [5, 5.41) is 14.0. The van der Waals surface area contributed by atoms with Gasteiger partial charge in [-0.05, 0) is 57.1 Å². The van der Waals surface area contributed by atoms with Crippen LogP contribution in [0.3, 0.4) is 0 Å². The smallest absolute Gasteiger partial charge is 0.230 e. The largest absolute Gasteiger partial charge is 0.393 e. The molecule has 0 radical (unpaired) electrons. The Morgan fingerprint density at radius 2 is 1.90 bits per heavy atom. The van der Waals surface area contributed by atoms with E-state index in [1.165, 1.54) is 0 Å². The van der Waals surface area contributed by atoms with Gasteiger partial charge in [-0.2, -0.15) is 5.10 Å². The van der Waals surface area contributed by atoms with E-state index in [4.69, 9.17) is 4.98 Å².